The molecule has 3 atom stereocenters. The Morgan fingerprint density at radius 1 is 0.891 bits per heavy atom. The van der Waals surface area contributed by atoms with E-state index in [1.54, 1.807) is 32.9 Å². The van der Waals surface area contributed by atoms with Crippen molar-refractivity contribution in [3.8, 4) is 0 Å². The van der Waals surface area contributed by atoms with Gasteiger partial charge in [-0.15, -0.1) is 0 Å². The van der Waals surface area contributed by atoms with E-state index >= 15 is 4.79 Å². The number of nitrogens with zero attached hydrogens (tertiary/aromatic N) is 1. The molecule has 55 heavy (non-hydrogen) atoms. The molecule has 0 bridgehead atoms. The van der Waals surface area contributed by atoms with E-state index in [9.17, 15) is 18.7 Å². The number of halogens is 2. The highest BCUT2D eigenvalue weighted by atomic mass is 32.1. The second-order valence-electron chi connectivity index (χ2n) is 16.3. The van der Waals surface area contributed by atoms with Gasteiger partial charge in [-0.25, -0.2) is 13.6 Å². The smallest absolute Gasteiger partial charge is 0.339 e. The Hall–Kier alpha value is -3.21. The molecule has 0 spiro atoms. The molecule has 10 heteroatoms. The molecule has 3 rings (SSSR count). The number of allylic oxidation sites excluding steroid dienone is 1. The highest BCUT2D eigenvalue weighted by molar-refractivity contribution is 7.80. The molecular formula is C45H65F2NO6S. The van der Waals surface area contributed by atoms with Gasteiger partial charge in [-0.3, -0.25) is 9.69 Å². The van der Waals surface area contributed by atoms with Crippen LogP contribution in [0.2, 0.25) is 0 Å². The van der Waals surface area contributed by atoms with Crippen molar-refractivity contribution in [1.29, 1.82) is 0 Å². The van der Waals surface area contributed by atoms with Crippen molar-refractivity contribution < 1.29 is 37.7 Å². The summed E-state index contributed by atoms with van der Waals surface area (Å²) in [5.41, 5.74) is -2.85. The first kappa shape index (κ1) is 46.2. The number of hydrogen-bond donors (Lipinski definition) is 1. The molecule has 1 aliphatic rings. The molecule has 0 aromatic heterocycles. The van der Waals surface area contributed by atoms with Gasteiger partial charge in [0, 0.05) is 44.1 Å². The molecule has 1 fully saturated rings. The first-order valence-corrected chi connectivity index (χ1v) is 20.6. The van der Waals surface area contributed by atoms with Crippen molar-refractivity contribution in [2.24, 2.45) is 11.8 Å². The summed E-state index contributed by atoms with van der Waals surface area (Å²) >= 11 is 5.89. The van der Waals surface area contributed by atoms with E-state index in [1.165, 1.54) is 12.0 Å². The van der Waals surface area contributed by atoms with E-state index in [0.717, 1.165) is 43.2 Å². The quantitative estimate of drug-likeness (QED) is 0.0520. The molecule has 1 aliphatic heterocycles. The van der Waals surface area contributed by atoms with Crippen LogP contribution in [0.3, 0.4) is 0 Å². The number of amides is 1. The maximum absolute atomic E-state index is 15.2. The molecule has 2 aromatic rings. The second kappa shape index (κ2) is 21.4. The highest BCUT2D eigenvalue weighted by Crippen LogP contribution is 2.48. The highest BCUT2D eigenvalue weighted by Gasteiger charge is 2.60. The number of rotatable bonds is 23. The number of esters is 1. The van der Waals surface area contributed by atoms with Crippen LogP contribution in [0.5, 0.6) is 0 Å². The summed E-state index contributed by atoms with van der Waals surface area (Å²) in [5, 5.41) is 12.3. The molecule has 2 unspecified atom stereocenters. The minimum atomic E-state index is -2.64. The monoisotopic (exact) mass is 785 g/mol. The summed E-state index contributed by atoms with van der Waals surface area (Å²) in [6, 6.07) is 18.6. The molecule has 2 aromatic carbocycles. The van der Waals surface area contributed by atoms with Crippen LogP contribution in [-0.2, 0) is 29.4 Å². The van der Waals surface area contributed by atoms with E-state index in [1.807, 2.05) is 74.5 Å². The molecule has 306 valence electrons. The van der Waals surface area contributed by atoms with E-state index in [0.29, 0.717) is 32.1 Å². The van der Waals surface area contributed by atoms with Crippen LogP contribution >= 0.6 is 12.2 Å². The first-order chi connectivity index (χ1) is 26.0. The molecule has 1 N–H and O–H groups in total. The zero-order valence-corrected chi connectivity index (χ0v) is 35.0. The first-order valence-electron chi connectivity index (χ1n) is 20.2. The Kier molecular flexibility index (Phi) is 17.9. The number of hydrogen-bond acceptors (Lipinski definition) is 7. The minimum Gasteiger partial charge on any atom is -0.458 e. The molecule has 0 radical (unpaired) electrons. The minimum absolute atomic E-state index is 0.0245. The van der Waals surface area contributed by atoms with Crippen molar-refractivity contribution >= 4 is 29.3 Å². The van der Waals surface area contributed by atoms with E-state index in [2.05, 4.69) is 6.92 Å². The lowest BCUT2D eigenvalue weighted by Crippen LogP contribution is -2.58. The molecule has 1 heterocycles. The van der Waals surface area contributed by atoms with Gasteiger partial charge in [0.25, 0.3) is 5.17 Å². The van der Waals surface area contributed by atoms with Gasteiger partial charge in [-0.2, -0.15) is 0 Å². The average molecular weight is 786 g/mol. The maximum Gasteiger partial charge on any atom is 0.339 e. The fourth-order valence-corrected chi connectivity index (χ4v) is 7.82. The Labute approximate surface area is 334 Å². The SMILES string of the molecule is CCCCCCCC(F)(F)CCCCCC/C=C/C(C(=O)N1C(=S)OC(c2ccccc2)(c2ccccc2)C1C(C)C)[C@@](O)(CCOC)C(=O)OC(C)(C)C. The summed E-state index contributed by atoms with van der Waals surface area (Å²) in [7, 11) is 1.46. The molecule has 0 saturated carbocycles. The van der Waals surface area contributed by atoms with Crippen molar-refractivity contribution in [1.82, 2.24) is 4.90 Å². The number of alkyl halides is 2. The van der Waals surface area contributed by atoms with Crippen LogP contribution in [0.25, 0.3) is 0 Å². The van der Waals surface area contributed by atoms with E-state index in [4.69, 9.17) is 26.4 Å². The van der Waals surface area contributed by atoms with Gasteiger partial charge >= 0.3 is 5.97 Å². The van der Waals surface area contributed by atoms with Crippen molar-refractivity contribution in [2.75, 3.05) is 13.7 Å². The predicted octanol–water partition coefficient (Wildman–Crippen LogP) is 10.7. The fourth-order valence-electron chi connectivity index (χ4n) is 7.48. The van der Waals surface area contributed by atoms with Gasteiger partial charge in [0.1, 0.15) is 5.60 Å². The van der Waals surface area contributed by atoms with Gasteiger partial charge in [0.05, 0.1) is 12.0 Å². The third kappa shape index (κ3) is 12.6. The van der Waals surface area contributed by atoms with E-state index < -0.39 is 46.6 Å². The Morgan fingerprint density at radius 2 is 1.42 bits per heavy atom. The number of carbonyl (C=O) groups excluding carboxylic acids is 2. The standard InChI is InChI=1S/C45H65F2NO6S/c1-8-9-10-14-23-30-43(46,47)31-24-15-12-11-13-22-29-37(44(51,32-33-52-7)40(50)53-42(4,5)6)39(49)48-38(34(2)3)45(54-41(48)55,35-25-18-16-19-26-35)36-27-20-17-21-28-36/h16-22,25-29,34,37-38,51H,8-15,23-24,30-33H2,1-7H3/b29-22+/t37?,38?,44-/m0/s1. The van der Waals surface area contributed by atoms with Crippen LogP contribution < -0.4 is 0 Å². The summed E-state index contributed by atoms with van der Waals surface area (Å²) in [6.07, 6.45) is 10.6. The number of thiocarbonyl (C=S) groups is 1. The van der Waals surface area contributed by atoms with Gasteiger partial charge < -0.3 is 19.3 Å². The summed E-state index contributed by atoms with van der Waals surface area (Å²) < 4.78 is 46.6. The van der Waals surface area contributed by atoms with Crippen molar-refractivity contribution in [2.45, 2.75) is 154 Å². The van der Waals surface area contributed by atoms with Gasteiger partial charge in [0.15, 0.2) is 11.2 Å². The number of ether oxygens (including phenoxy) is 3. The lowest BCUT2D eigenvalue weighted by molar-refractivity contribution is -0.186. The fraction of sp³-hybridized carbons (Fsp3) is 0.622. The third-order valence-electron chi connectivity index (χ3n) is 10.3. The van der Waals surface area contributed by atoms with Gasteiger partial charge in [-0.05, 0) is 64.6 Å². The second-order valence-corrected chi connectivity index (χ2v) is 16.6. The Morgan fingerprint density at radius 3 is 1.91 bits per heavy atom. The van der Waals surface area contributed by atoms with Crippen molar-refractivity contribution in [3.05, 3.63) is 83.9 Å². The van der Waals surface area contributed by atoms with Crippen LogP contribution in [0.15, 0.2) is 72.8 Å². The number of carbonyl (C=O) groups is 2. The molecule has 0 aliphatic carbocycles. The van der Waals surface area contributed by atoms with Crippen LogP contribution in [-0.4, -0.2) is 63.9 Å². The van der Waals surface area contributed by atoms with Gasteiger partial charge in [0.2, 0.25) is 11.8 Å². The lowest BCUT2D eigenvalue weighted by Gasteiger charge is -2.40. The van der Waals surface area contributed by atoms with Crippen LogP contribution in [0, 0.1) is 11.8 Å². The number of methoxy groups -OCH3 is 1. The summed E-state index contributed by atoms with van der Waals surface area (Å²) in [6.45, 7) is 11.2. The van der Waals surface area contributed by atoms with E-state index in [-0.39, 0.29) is 37.0 Å². The van der Waals surface area contributed by atoms with Gasteiger partial charge in [-0.1, -0.05) is 132 Å². The third-order valence-corrected chi connectivity index (χ3v) is 10.6. The molecule has 1 amide bonds. The molecule has 7 nitrogen and oxygen atoms in total. The average Bonchev–Trinajstić information content (AvgIpc) is 3.47. The topological polar surface area (TPSA) is 85.3 Å². The Bertz CT molecular complexity index is 1470. The normalized spacial score (nSPS) is 17.7. The van der Waals surface area contributed by atoms with Crippen LogP contribution in [0.1, 0.15) is 136 Å². The predicted molar refractivity (Wildman–Crippen MR) is 219 cm³/mol. The lowest BCUT2D eigenvalue weighted by atomic mass is 9.75. The zero-order valence-electron chi connectivity index (χ0n) is 34.2. The summed E-state index contributed by atoms with van der Waals surface area (Å²) in [4.78, 5) is 30.5. The Balaban J connectivity index is 1.92. The largest absolute Gasteiger partial charge is 0.458 e. The molecule has 1 saturated heterocycles. The summed E-state index contributed by atoms with van der Waals surface area (Å²) in [5.74, 6) is -5.80. The van der Waals surface area contributed by atoms with Crippen molar-refractivity contribution in [3.63, 3.8) is 0 Å². The molecular weight excluding hydrogens is 721 g/mol. The van der Waals surface area contributed by atoms with Crippen LogP contribution in [0.4, 0.5) is 8.78 Å². The number of benzene rings is 2. The zero-order chi connectivity index (χ0) is 40.7. The number of unbranched alkanes of at least 4 members (excludes halogenated alkanes) is 8. The number of aliphatic hydroxyl groups is 1. The maximum atomic E-state index is 15.2.